The lowest BCUT2D eigenvalue weighted by atomic mass is 10.0. The zero-order valence-corrected chi connectivity index (χ0v) is 13.6. The number of fused-ring (bicyclic) bond motifs is 1. The number of anilines is 1. The molecular weight excluding hydrogens is 294 g/mol. The van der Waals surface area contributed by atoms with E-state index in [1.807, 2.05) is 36.4 Å². The SMILES string of the molecule is CC(C)(C)OC(=O)Nc1cc2ccccc2cc1CCC(=O)O. The van der Waals surface area contributed by atoms with Crippen molar-refractivity contribution in [1.82, 2.24) is 0 Å². The molecule has 5 nitrogen and oxygen atoms in total. The fraction of sp³-hybridized carbons (Fsp3) is 0.333. The van der Waals surface area contributed by atoms with E-state index in [9.17, 15) is 9.59 Å². The first-order valence-electron chi connectivity index (χ1n) is 7.48. The van der Waals surface area contributed by atoms with Gasteiger partial charge in [-0.3, -0.25) is 10.1 Å². The molecule has 0 unspecified atom stereocenters. The van der Waals surface area contributed by atoms with Crippen LogP contribution in [0.5, 0.6) is 0 Å². The molecule has 0 heterocycles. The number of ether oxygens (including phenoxy) is 1. The summed E-state index contributed by atoms with van der Waals surface area (Å²) in [5.41, 5.74) is 0.762. The van der Waals surface area contributed by atoms with Gasteiger partial charge in [0.05, 0.1) is 0 Å². The van der Waals surface area contributed by atoms with Gasteiger partial charge in [-0.2, -0.15) is 0 Å². The Morgan fingerprint density at radius 1 is 1.13 bits per heavy atom. The second kappa shape index (κ2) is 6.69. The summed E-state index contributed by atoms with van der Waals surface area (Å²) < 4.78 is 5.27. The van der Waals surface area contributed by atoms with Crippen molar-refractivity contribution in [2.24, 2.45) is 0 Å². The Labute approximate surface area is 135 Å². The first kappa shape index (κ1) is 16.8. The summed E-state index contributed by atoms with van der Waals surface area (Å²) in [5.74, 6) is -0.874. The third kappa shape index (κ3) is 4.98. The van der Waals surface area contributed by atoms with Crippen molar-refractivity contribution < 1.29 is 19.4 Å². The summed E-state index contributed by atoms with van der Waals surface area (Å²) in [6.45, 7) is 5.37. The Hall–Kier alpha value is -2.56. The first-order chi connectivity index (χ1) is 10.7. The maximum atomic E-state index is 12.0. The Morgan fingerprint density at radius 3 is 2.30 bits per heavy atom. The van der Waals surface area contributed by atoms with E-state index >= 15 is 0 Å². The second-order valence-electron chi connectivity index (χ2n) is 6.38. The van der Waals surface area contributed by atoms with Gasteiger partial charge >= 0.3 is 12.1 Å². The number of aryl methyl sites for hydroxylation is 1. The molecule has 2 aromatic rings. The predicted octanol–water partition coefficient (Wildman–Crippen LogP) is 4.20. The number of carbonyl (C=O) groups is 2. The van der Waals surface area contributed by atoms with Crippen LogP contribution >= 0.6 is 0 Å². The molecule has 2 N–H and O–H groups in total. The molecule has 23 heavy (non-hydrogen) atoms. The molecular formula is C18H21NO4. The summed E-state index contributed by atoms with van der Waals surface area (Å²) >= 11 is 0. The molecule has 0 aromatic heterocycles. The van der Waals surface area contributed by atoms with Gasteiger partial charge in [0, 0.05) is 12.1 Å². The molecule has 0 atom stereocenters. The third-order valence-corrected chi connectivity index (χ3v) is 3.22. The van der Waals surface area contributed by atoms with Crippen molar-refractivity contribution in [1.29, 1.82) is 0 Å². The first-order valence-corrected chi connectivity index (χ1v) is 7.48. The van der Waals surface area contributed by atoms with E-state index in [2.05, 4.69) is 5.32 Å². The van der Waals surface area contributed by atoms with Crippen LogP contribution in [0.25, 0.3) is 10.8 Å². The summed E-state index contributed by atoms with van der Waals surface area (Å²) in [7, 11) is 0. The fourth-order valence-corrected chi connectivity index (χ4v) is 2.27. The Bertz CT molecular complexity index is 731. The lowest BCUT2D eigenvalue weighted by Gasteiger charge is -2.20. The molecule has 0 aliphatic carbocycles. The molecule has 0 radical (unpaired) electrons. The number of amides is 1. The van der Waals surface area contributed by atoms with Crippen LogP contribution < -0.4 is 5.32 Å². The number of rotatable bonds is 4. The normalized spacial score (nSPS) is 11.3. The number of carbonyl (C=O) groups excluding carboxylic acids is 1. The molecule has 2 aromatic carbocycles. The van der Waals surface area contributed by atoms with E-state index in [0.29, 0.717) is 12.1 Å². The second-order valence-corrected chi connectivity index (χ2v) is 6.38. The number of hydrogen-bond donors (Lipinski definition) is 2. The minimum atomic E-state index is -0.874. The lowest BCUT2D eigenvalue weighted by Crippen LogP contribution is -2.27. The zero-order valence-electron chi connectivity index (χ0n) is 13.6. The van der Waals surface area contributed by atoms with Crippen LogP contribution in [0.3, 0.4) is 0 Å². The smallest absolute Gasteiger partial charge is 0.412 e. The molecule has 0 fully saturated rings. The summed E-state index contributed by atoms with van der Waals surface area (Å²) in [5, 5.41) is 13.6. The van der Waals surface area contributed by atoms with Gasteiger partial charge < -0.3 is 9.84 Å². The van der Waals surface area contributed by atoms with E-state index < -0.39 is 17.7 Å². The maximum Gasteiger partial charge on any atom is 0.412 e. The van der Waals surface area contributed by atoms with Gasteiger partial charge in [-0.15, -0.1) is 0 Å². The molecule has 122 valence electrons. The molecule has 0 bridgehead atoms. The highest BCUT2D eigenvalue weighted by atomic mass is 16.6. The third-order valence-electron chi connectivity index (χ3n) is 3.22. The fourth-order valence-electron chi connectivity index (χ4n) is 2.27. The van der Waals surface area contributed by atoms with Crippen molar-refractivity contribution in [3.8, 4) is 0 Å². The van der Waals surface area contributed by atoms with Gasteiger partial charge in [0.2, 0.25) is 0 Å². The molecule has 0 saturated heterocycles. The Balaban J connectivity index is 2.32. The quantitative estimate of drug-likeness (QED) is 0.886. The van der Waals surface area contributed by atoms with Gasteiger partial charge in [0.1, 0.15) is 5.60 Å². The van der Waals surface area contributed by atoms with E-state index in [4.69, 9.17) is 9.84 Å². The maximum absolute atomic E-state index is 12.0. The van der Waals surface area contributed by atoms with E-state index in [-0.39, 0.29) is 6.42 Å². The number of hydrogen-bond acceptors (Lipinski definition) is 3. The zero-order chi connectivity index (χ0) is 17.0. The van der Waals surface area contributed by atoms with Gasteiger partial charge in [-0.25, -0.2) is 4.79 Å². The van der Waals surface area contributed by atoms with Crippen molar-refractivity contribution in [2.45, 2.75) is 39.2 Å². The number of aliphatic carboxylic acids is 1. The monoisotopic (exact) mass is 315 g/mol. The number of carboxylic acid groups (broad SMARTS) is 1. The summed E-state index contributed by atoms with van der Waals surface area (Å²) in [6.07, 6.45) is -0.212. The van der Waals surface area contributed by atoms with Gasteiger partial charge in [0.15, 0.2) is 0 Å². The lowest BCUT2D eigenvalue weighted by molar-refractivity contribution is -0.136. The van der Waals surface area contributed by atoms with Gasteiger partial charge in [-0.1, -0.05) is 24.3 Å². The molecule has 2 rings (SSSR count). The number of carboxylic acids is 1. The van der Waals surface area contributed by atoms with Crippen LogP contribution in [0.2, 0.25) is 0 Å². The standard InChI is InChI=1S/C18H21NO4/c1-18(2,3)23-17(22)19-15-11-13-7-5-4-6-12(13)10-14(15)8-9-16(20)21/h4-7,10-11H,8-9H2,1-3H3,(H,19,22)(H,20,21). The number of benzene rings is 2. The van der Waals surface area contributed by atoms with Crippen LogP contribution in [0.15, 0.2) is 36.4 Å². The van der Waals surface area contributed by atoms with E-state index in [1.54, 1.807) is 20.8 Å². The molecule has 1 amide bonds. The van der Waals surface area contributed by atoms with E-state index in [1.165, 1.54) is 0 Å². The van der Waals surface area contributed by atoms with Crippen LogP contribution in [0.1, 0.15) is 32.8 Å². The van der Waals surface area contributed by atoms with Crippen LogP contribution in [0, 0.1) is 0 Å². The van der Waals surface area contributed by atoms with Crippen LogP contribution in [-0.2, 0) is 16.0 Å². The molecule has 5 heteroatoms. The molecule has 0 saturated carbocycles. The average molecular weight is 315 g/mol. The highest BCUT2D eigenvalue weighted by Gasteiger charge is 2.17. The van der Waals surface area contributed by atoms with Crippen molar-refractivity contribution in [2.75, 3.05) is 5.32 Å². The Morgan fingerprint density at radius 2 is 1.74 bits per heavy atom. The van der Waals surface area contributed by atoms with Gasteiger partial charge in [-0.05, 0) is 55.7 Å². The summed E-state index contributed by atoms with van der Waals surface area (Å²) in [4.78, 5) is 22.9. The van der Waals surface area contributed by atoms with Crippen LogP contribution in [0.4, 0.5) is 10.5 Å². The van der Waals surface area contributed by atoms with Crippen molar-refractivity contribution in [3.05, 3.63) is 42.0 Å². The minimum Gasteiger partial charge on any atom is -0.481 e. The van der Waals surface area contributed by atoms with Gasteiger partial charge in [0.25, 0.3) is 0 Å². The van der Waals surface area contributed by atoms with Crippen molar-refractivity contribution in [3.63, 3.8) is 0 Å². The molecule has 0 aliphatic heterocycles. The topological polar surface area (TPSA) is 75.6 Å². The van der Waals surface area contributed by atoms with Crippen molar-refractivity contribution >= 4 is 28.5 Å². The summed E-state index contributed by atoms with van der Waals surface area (Å²) in [6, 6.07) is 11.5. The average Bonchev–Trinajstić information content (AvgIpc) is 2.42. The van der Waals surface area contributed by atoms with Crippen LogP contribution in [-0.4, -0.2) is 22.8 Å². The Kier molecular flexibility index (Phi) is 4.89. The predicted molar refractivity (Wildman–Crippen MR) is 89.8 cm³/mol. The molecule has 0 spiro atoms. The minimum absolute atomic E-state index is 0.00133. The number of nitrogens with one attached hydrogen (secondary N) is 1. The van der Waals surface area contributed by atoms with E-state index in [0.717, 1.165) is 16.3 Å². The molecule has 0 aliphatic rings. The highest BCUT2D eigenvalue weighted by molar-refractivity contribution is 5.93. The largest absolute Gasteiger partial charge is 0.481 e. The highest BCUT2D eigenvalue weighted by Crippen LogP contribution is 2.26.